The molecule has 0 spiro atoms. The Morgan fingerprint density at radius 3 is 2.73 bits per heavy atom. The quantitative estimate of drug-likeness (QED) is 0.650. The lowest BCUT2D eigenvalue weighted by Crippen LogP contribution is -2.30. The topological polar surface area (TPSA) is 98.5 Å². The molecule has 0 fully saturated rings. The summed E-state index contributed by atoms with van der Waals surface area (Å²) in [6, 6.07) is 7.43. The van der Waals surface area contributed by atoms with Crippen LogP contribution in [0, 0.1) is 5.82 Å². The Bertz CT molecular complexity index is 1010. The largest absolute Gasteiger partial charge is 0.448 e. The van der Waals surface area contributed by atoms with Gasteiger partial charge in [0.05, 0.1) is 5.56 Å². The fourth-order valence-electron chi connectivity index (χ4n) is 2.21. The van der Waals surface area contributed by atoms with E-state index in [1.54, 1.807) is 17.5 Å². The van der Waals surface area contributed by atoms with Crippen LogP contribution < -0.4 is 11.1 Å². The fourth-order valence-corrected chi connectivity index (χ4v) is 3.97. The van der Waals surface area contributed by atoms with Crippen molar-refractivity contribution in [3.63, 3.8) is 0 Å². The van der Waals surface area contributed by atoms with Gasteiger partial charge < -0.3 is 15.8 Å². The van der Waals surface area contributed by atoms with E-state index in [-0.39, 0.29) is 15.4 Å². The number of carbonyl (C=O) groups excluding carboxylic acids is 3. The zero-order valence-electron chi connectivity index (χ0n) is 13.4. The lowest BCUT2D eigenvalue weighted by Gasteiger charge is -2.12. The Balaban J connectivity index is 1.69. The molecular weight excluding hydrogens is 379 g/mol. The minimum Gasteiger partial charge on any atom is -0.448 e. The molecule has 0 saturated carbocycles. The third-order valence-electron chi connectivity index (χ3n) is 3.53. The Kier molecular flexibility index (Phi) is 5.01. The number of benzene rings is 1. The number of carbonyl (C=O) groups is 3. The lowest BCUT2D eigenvalue weighted by atomic mass is 10.2. The van der Waals surface area contributed by atoms with Crippen LogP contribution in [0.3, 0.4) is 0 Å². The van der Waals surface area contributed by atoms with Gasteiger partial charge in [0.25, 0.3) is 11.8 Å². The fraction of sp³-hybridized carbons (Fsp3) is 0.118. The van der Waals surface area contributed by atoms with Gasteiger partial charge in [-0.2, -0.15) is 0 Å². The standard InChI is InChI=1S/C17H13FN2O4S2/c1-8(15(22)20-16-9(14(19)21)5-6-25-16)24-17(23)13-7-10-11(18)3-2-4-12(10)26-13/h2-8H,1H3,(H2,19,21)(H,20,22)/t8-/m1/s1. The third kappa shape index (κ3) is 3.58. The number of hydrogen-bond acceptors (Lipinski definition) is 6. The van der Waals surface area contributed by atoms with Crippen molar-refractivity contribution in [3.05, 3.63) is 52.0 Å². The second-order valence-electron chi connectivity index (χ2n) is 5.33. The van der Waals surface area contributed by atoms with Crippen LogP contribution in [0.15, 0.2) is 35.7 Å². The van der Waals surface area contributed by atoms with Gasteiger partial charge in [0.15, 0.2) is 6.10 Å². The number of rotatable bonds is 5. The molecule has 9 heteroatoms. The number of halogens is 1. The Hall–Kier alpha value is -2.78. The maximum absolute atomic E-state index is 13.7. The summed E-state index contributed by atoms with van der Waals surface area (Å²) in [5, 5.41) is 4.73. The number of primary amides is 1. The van der Waals surface area contributed by atoms with Crippen LogP contribution in [0.25, 0.3) is 10.1 Å². The first-order chi connectivity index (χ1) is 12.4. The van der Waals surface area contributed by atoms with Crippen LogP contribution in [0.2, 0.25) is 0 Å². The predicted molar refractivity (Wildman–Crippen MR) is 98.1 cm³/mol. The Labute approximate surface area is 155 Å². The number of ether oxygens (including phenoxy) is 1. The highest BCUT2D eigenvalue weighted by Crippen LogP contribution is 2.28. The molecule has 1 atom stereocenters. The number of amides is 2. The average molecular weight is 392 g/mol. The van der Waals surface area contributed by atoms with E-state index in [0.717, 1.165) is 22.7 Å². The van der Waals surface area contributed by atoms with E-state index in [0.29, 0.717) is 10.1 Å². The van der Waals surface area contributed by atoms with Crippen molar-refractivity contribution < 1.29 is 23.5 Å². The molecule has 2 amide bonds. The number of nitrogens with two attached hydrogens (primary N) is 1. The van der Waals surface area contributed by atoms with Crippen LogP contribution in [-0.4, -0.2) is 23.9 Å². The summed E-state index contributed by atoms with van der Waals surface area (Å²) in [6.07, 6.45) is -1.11. The molecule has 0 radical (unpaired) electrons. The van der Waals surface area contributed by atoms with Gasteiger partial charge in [-0.1, -0.05) is 6.07 Å². The first-order valence-electron chi connectivity index (χ1n) is 7.44. The normalized spacial score (nSPS) is 11.9. The Morgan fingerprint density at radius 2 is 2.04 bits per heavy atom. The third-order valence-corrected chi connectivity index (χ3v) is 5.44. The monoisotopic (exact) mass is 392 g/mol. The Morgan fingerprint density at radius 1 is 1.27 bits per heavy atom. The zero-order chi connectivity index (χ0) is 18.8. The molecule has 134 valence electrons. The summed E-state index contributed by atoms with van der Waals surface area (Å²) >= 11 is 2.21. The number of fused-ring (bicyclic) bond motifs is 1. The van der Waals surface area contributed by atoms with Gasteiger partial charge in [0.1, 0.15) is 15.7 Å². The summed E-state index contributed by atoms with van der Waals surface area (Å²) in [7, 11) is 0. The molecule has 0 aliphatic rings. The number of thiophene rings is 2. The van der Waals surface area contributed by atoms with Gasteiger partial charge in [-0.3, -0.25) is 9.59 Å². The highest BCUT2D eigenvalue weighted by Gasteiger charge is 2.22. The van der Waals surface area contributed by atoms with Crippen molar-refractivity contribution in [2.24, 2.45) is 5.73 Å². The molecule has 6 nitrogen and oxygen atoms in total. The molecule has 0 unspecified atom stereocenters. The molecule has 1 aromatic carbocycles. The van der Waals surface area contributed by atoms with E-state index in [4.69, 9.17) is 10.5 Å². The van der Waals surface area contributed by atoms with Gasteiger partial charge in [-0.15, -0.1) is 22.7 Å². The highest BCUT2D eigenvalue weighted by molar-refractivity contribution is 7.20. The van der Waals surface area contributed by atoms with Crippen LogP contribution >= 0.6 is 22.7 Å². The summed E-state index contributed by atoms with van der Waals surface area (Å²) in [5.41, 5.74) is 5.40. The van der Waals surface area contributed by atoms with Gasteiger partial charge in [-0.05, 0) is 36.6 Å². The van der Waals surface area contributed by atoms with Crippen molar-refractivity contribution in [2.75, 3.05) is 5.32 Å². The van der Waals surface area contributed by atoms with Crippen molar-refractivity contribution in [1.82, 2.24) is 0 Å². The molecular formula is C17H13FN2O4S2. The molecule has 3 aromatic rings. The maximum Gasteiger partial charge on any atom is 0.349 e. The molecule has 0 bridgehead atoms. The van der Waals surface area contributed by atoms with Gasteiger partial charge in [-0.25, -0.2) is 9.18 Å². The highest BCUT2D eigenvalue weighted by atomic mass is 32.1. The molecule has 2 heterocycles. The zero-order valence-corrected chi connectivity index (χ0v) is 15.1. The molecule has 3 N–H and O–H groups in total. The van der Waals surface area contributed by atoms with Crippen LogP contribution in [0.5, 0.6) is 0 Å². The van der Waals surface area contributed by atoms with E-state index in [1.807, 2.05) is 0 Å². The lowest BCUT2D eigenvalue weighted by molar-refractivity contribution is -0.123. The predicted octanol–water partition coefficient (Wildman–Crippen LogP) is 3.38. The first-order valence-corrected chi connectivity index (χ1v) is 9.13. The summed E-state index contributed by atoms with van der Waals surface area (Å²) in [4.78, 5) is 35.9. The number of nitrogens with one attached hydrogen (secondary N) is 1. The maximum atomic E-state index is 13.7. The number of hydrogen-bond donors (Lipinski definition) is 2. The van der Waals surface area contributed by atoms with E-state index in [1.165, 1.54) is 25.1 Å². The van der Waals surface area contributed by atoms with Crippen molar-refractivity contribution >= 4 is 55.5 Å². The molecule has 0 aliphatic heterocycles. The SMILES string of the molecule is C[C@@H](OC(=O)c1cc2c(F)cccc2s1)C(=O)Nc1sccc1C(N)=O. The molecule has 0 aliphatic carbocycles. The number of anilines is 1. The smallest absolute Gasteiger partial charge is 0.349 e. The van der Waals surface area contributed by atoms with Crippen LogP contribution in [0.4, 0.5) is 9.39 Å². The summed E-state index contributed by atoms with van der Waals surface area (Å²) in [6.45, 7) is 1.40. The second kappa shape index (κ2) is 7.22. The van der Waals surface area contributed by atoms with E-state index >= 15 is 0 Å². The minimum atomic E-state index is -1.11. The van der Waals surface area contributed by atoms with E-state index < -0.39 is 29.7 Å². The second-order valence-corrected chi connectivity index (χ2v) is 7.33. The van der Waals surface area contributed by atoms with Crippen LogP contribution in [0.1, 0.15) is 27.0 Å². The van der Waals surface area contributed by atoms with Gasteiger partial charge in [0, 0.05) is 10.1 Å². The van der Waals surface area contributed by atoms with E-state index in [9.17, 15) is 18.8 Å². The average Bonchev–Trinajstić information content (AvgIpc) is 3.22. The van der Waals surface area contributed by atoms with Crippen molar-refractivity contribution in [3.8, 4) is 0 Å². The molecule has 3 rings (SSSR count). The summed E-state index contributed by atoms with van der Waals surface area (Å²) in [5.74, 6) is -2.43. The van der Waals surface area contributed by atoms with Crippen molar-refractivity contribution in [2.45, 2.75) is 13.0 Å². The van der Waals surface area contributed by atoms with Gasteiger partial charge >= 0.3 is 5.97 Å². The van der Waals surface area contributed by atoms with E-state index in [2.05, 4.69) is 5.32 Å². The number of esters is 1. The van der Waals surface area contributed by atoms with Crippen LogP contribution in [-0.2, 0) is 9.53 Å². The minimum absolute atomic E-state index is 0.182. The summed E-state index contributed by atoms with van der Waals surface area (Å²) < 4.78 is 19.5. The van der Waals surface area contributed by atoms with Crippen molar-refractivity contribution in [1.29, 1.82) is 0 Å². The molecule has 0 saturated heterocycles. The molecule has 2 aromatic heterocycles. The van der Waals surface area contributed by atoms with Gasteiger partial charge in [0.2, 0.25) is 0 Å². The first kappa shape index (κ1) is 18.0. The molecule has 26 heavy (non-hydrogen) atoms.